The summed E-state index contributed by atoms with van der Waals surface area (Å²) >= 11 is 7.53. The molecule has 0 aliphatic carbocycles. The van der Waals surface area contributed by atoms with E-state index in [-0.39, 0.29) is 23.9 Å². The second-order valence-electron chi connectivity index (χ2n) is 6.10. The number of benzene rings is 2. The third kappa shape index (κ3) is 4.71. The van der Waals surface area contributed by atoms with Crippen molar-refractivity contribution in [2.75, 3.05) is 18.1 Å². The molecule has 3 rings (SSSR count). The van der Waals surface area contributed by atoms with E-state index in [2.05, 4.69) is 16.0 Å². The van der Waals surface area contributed by atoms with Crippen LogP contribution in [0.2, 0.25) is 5.02 Å². The molecule has 0 aromatic heterocycles. The second kappa shape index (κ2) is 8.47. The number of carbonyl (C=O) groups excluding carboxylic acids is 2. The van der Waals surface area contributed by atoms with Crippen LogP contribution in [0.1, 0.15) is 17.9 Å². The maximum Gasteiger partial charge on any atom is 0.319 e. The minimum Gasteiger partial charge on any atom is -0.354 e. The summed E-state index contributed by atoms with van der Waals surface area (Å²) in [4.78, 5) is 25.4. The molecule has 0 bridgehead atoms. The van der Waals surface area contributed by atoms with E-state index in [4.69, 9.17) is 11.6 Å². The Morgan fingerprint density at radius 1 is 1.15 bits per heavy atom. The molecule has 5 nitrogen and oxygen atoms in total. The van der Waals surface area contributed by atoms with Crippen molar-refractivity contribution < 1.29 is 9.59 Å². The van der Waals surface area contributed by atoms with Crippen LogP contribution in [0.25, 0.3) is 0 Å². The zero-order chi connectivity index (χ0) is 18.5. The summed E-state index contributed by atoms with van der Waals surface area (Å²) in [6.45, 7) is 0.405. The molecule has 2 atom stereocenters. The zero-order valence-electron chi connectivity index (χ0n) is 14.3. The Bertz CT molecular complexity index is 780. The normalized spacial score (nSPS) is 19.5. The van der Waals surface area contributed by atoms with Gasteiger partial charge in [-0.25, -0.2) is 4.79 Å². The highest BCUT2D eigenvalue weighted by Crippen LogP contribution is 2.28. The molecule has 0 spiro atoms. The van der Waals surface area contributed by atoms with Crippen LogP contribution < -0.4 is 16.0 Å². The van der Waals surface area contributed by atoms with Gasteiger partial charge in [-0.3, -0.25) is 4.79 Å². The molecule has 1 saturated heterocycles. The number of urea groups is 1. The van der Waals surface area contributed by atoms with Crippen molar-refractivity contribution in [1.29, 1.82) is 0 Å². The van der Waals surface area contributed by atoms with Gasteiger partial charge in [0.1, 0.15) is 0 Å². The van der Waals surface area contributed by atoms with Gasteiger partial charge < -0.3 is 16.0 Å². The summed E-state index contributed by atoms with van der Waals surface area (Å²) in [6, 6.07) is 14.6. The van der Waals surface area contributed by atoms with Gasteiger partial charge in [0.25, 0.3) is 0 Å². The summed E-state index contributed by atoms with van der Waals surface area (Å²) in [5, 5.41) is 9.21. The van der Waals surface area contributed by atoms with Crippen molar-refractivity contribution in [1.82, 2.24) is 10.6 Å². The fourth-order valence-electron chi connectivity index (χ4n) is 3.00. The van der Waals surface area contributed by atoms with Crippen molar-refractivity contribution in [2.24, 2.45) is 0 Å². The van der Waals surface area contributed by atoms with Crippen molar-refractivity contribution in [3.63, 3.8) is 0 Å². The average molecular weight is 390 g/mol. The zero-order valence-corrected chi connectivity index (χ0v) is 15.9. The number of carbonyl (C=O) groups is 2. The number of piperidine rings is 1. The molecule has 0 unspecified atom stereocenters. The van der Waals surface area contributed by atoms with E-state index in [0.717, 1.165) is 5.56 Å². The summed E-state index contributed by atoms with van der Waals surface area (Å²) in [5.74, 6) is -0.0595. The van der Waals surface area contributed by atoms with Gasteiger partial charge in [-0.2, -0.15) is 0 Å². The van der Waals surface area contributed by atoms with Crippen LogP contribution in [0.3, 0.4) is 0 Å². The number of anilines is 1. The molecule has 3 N–H and O–H groups in total. The van der Waals surface area contributed by atoms with Crippen LogP contribution in [-0.2, 0) is 4.79 Å². The highest BCUT2D eigenvalue weighted by atomic mass is 35.5. The SMILES string of the molecule is CSc1ccc([C@@H]2CC(=O)NC[C@H]2NC(=O)Nc2ccc(Cl)cc2)cc1. The summed E-state index contributed by atoms with van der Waals surface area (Å²) in [7, 11) is 0. The Hall–Kier alpha value is -2.18. The fourth-order valence-corrected chi connectivity index (χ4v) is 3.54. The quantitative estimate of drug-likeness (QED) is 0.695. The van der Waals surface area contributed by atoms with Crippen molar-refractivity contribution in [3.8, 4) is 0 Å². The van der Waals surface area contributed by atoms with Crippen LogP contribution in [0.4, 0.5) is 10.5 Å². The van der Waals surface area contributed by atoms with Crippen molar-refractivity contribution in [2.45, 2.75) is 23.3 Å². The van der Waals surface area contributed by atoms with Gasteiger partial charge in [0.05, 0.1) is 6.04 Å². The van der Waals surface area contributed by atoms with E-state index in [0.29, 0.717) is 23.7 Å². The Kier molecular flexibility index (Phi) is 6.06. The first-order valence-electron chi connectivity index (χ1n) is 8.29. The minimum atomic E-state index is -0.306. The van der Waals surface area contributed by atoms with Crippen LogP contribution >= 0.6 is 23.4 Å². The third-order valence-corrected chi connectivity index (χ3v) is 5.37. The lowest BCUT2D eigenvalue weighted by Crippen LogP contribution is -2.52. The molecule has 1 aliphatic heterocycles. The van der Waals surface area contributed by atoms with Crippen molar-refractivity contribution >= 4 is 41.0 Å². The first-order chi connectivity index (χ1) is 12.5. The minimum absolute atomic E-state index is 0.0000949. The predicted molar refractivity (Wildman–Crippen MR) is 106 cm³/mol. The van der Waals surface area contributed by atoms with Crippen LogP contribution in [0.15, 0.2) is 53.4 Å². The van der Waals surface area contributed by atoms with Crippen LogP contribution in [0, 0.1) is 0 Å². The number of rotatable bonds is 4. The van der Waals surface area contributed by atoms with E-state index < -0.39 is 0 Å². The fraction of sp³-hybridized carbons (Fsp3) is 0.263. The topological polar surface area (TPSA) is 70.2 Å². The molecule has 0 radical (unpaired) electrons. The van der Waals surface area contributed by atoms with Gasteiger partial charge in [-0.05, 0) is 48.2 Å². The first kappa shape index (κ1) is 18.6. The Labute approximate surface area is 161 Å². The largest absolute Gasteiger partial charge is 0.354 e. The molecule has 2 aromatic rings. The molecule has 1 aliphatic rings. The molecule has 1 heterocycles. The van der Waals surface area contributed by atoms with Crippen LogP contribution in [-0.4, -0.2) is 30.8 Å². The number of hydrogen-bond acceptors (Lipinski definition) is 3. The van der Waals surface area contributed by atoms with Crippen molar-refractivity contribution in [3.05, 3.63) is 59.1 Å². The number of thioether (sulfide) groups is 1. The van der Waals surface area contributed by atoms with E-state index in [9.17, 15) is 9.59 Å². The highest BCUT2D eigenvalue weighted by Gasteiger charge is 2.31. The predicted octanol–water partition coefficient (Wildman–Crippen LogP) is 3.86. The Morgan fingerprint density at radius 3 is 2.50 bits per heavy atom. The number of nitrogens with one attached hydrogen (secondary N) is 3. The highest BCUT2D eigenvalue weighted by molar-refractivity contribution is 7.98. The van der Waals surface area contributed by atoms with Gasteiger partial charge >= 0.3 is 6.03 Å². The second-order valence-corrected chi connectivity index (χ2v) is 7.42. The lowest BCUT2D eigenvalue weighted by atomic mass is 9.86. The molecule has 3 amide bonds. The molecule has 0 saturated carbocycles. The molecule has 136 valence electrons. The maximum absolute atomic E-state index is 12.4. The van der Waals surface area contributed by atoms with E-state index >= 15 is 0 Å². The van der Waals surface area contributed by atoms with Gasteiger partial charge in [0.2, 0.25) is 5.91 Å². The van der Waals surface area contributed by atoms with E-state index in [1.54, 1.807) is 36.0 Å². The lowest BCUT2D eigenvalue weighted by Gasteiger charge is -2.32. The summed E-state index contributed by atoms with van der Waals surface area (Å²) in [6.07, 6.45) is 2.37. The lowest BCUT2D eigenvalue weighted by molar-refractivity contribution is -0.123. The number of hydrogen-bond donors (Lipinski definition) is 3. The van der Waals surface area contributed by atoms with E-state index in [1.165, 1.54) is 4.90 Å². The Morgan fingerprint density at radius 2 is 1.85 bits per heavy atom. The Balaban J connectivity index is 1.69. The molecule has 7 heteroatoms. The molecule has 1 fully saturated rings. The van der Waals surface area contributed by atoms with Gasteiger partial charge in [-0.15, -0.1) is 11.8 Å². The molecular formula is C19H20ClN3O2S. The standard InChI is InChI=1S/C19H20ClN3O2S/c1-26-15-8-2-12(3-9-15)16-10-18(24)21-11-17(16)23-19(25)22-14-6-4-13(20)5-7-14/h2-9,16-17H,10-11H2,1H3,(H,21,24)(H2,22,23,25)/t16-,17+/m0/s1. The van der Waals surface area contributed by atoms with Gasteiger partial charge in [0.15, 0.2) is 0 Å². The molecule has 2 aromatic carbocycles. The van der Waals surface area contributed by atoms with Crippen LogP contribution in [0.5, 0.6) is 0 Å². The maximum atomic E-state index is 12.4. The summed E-state index contributed by atoms with van der Waals surface area (Å²) < 4.78 is 0. The smallest absolute Gasteiger partial charge is 0.319 e. The third-order valence-electron chi connectivity index (χ3n) is 4.37. The molecule has 26 heavy (non-hydrogen) atoms. The molecular weight excluding hydrogens is 370 g/mol. The summed E-state index contributed by atoms with van der Waals surface area (Å²) in [5.41, 5.74) is 1.71. The average Bonchev–Trinajstić information content (AvgIpc) is 2.65. The number of amides is 3. The van der Waals surface area contributed by atoms with Gasteiger partial charge in [-0.1, -0.05) is 23.7 Å². The first-order valence-corrected chi connectivity index (χ1v) is 9.89. The monoisotopic (exact) mass is 389 g/mol. The van der Waals surface area contributed by atoms with E-state index in [1.807, 2.05) is 30.5 Å². The van der Waals surface area contributed by atoms with Gasteiger partial charge in [0, 0.05) is 34.5 Å². The number of halogens is 1.